The number of sulfone groups is 1. The lowest BCUT2D eigenvalue weighted by Gasteiger charge is -2.28. The van der Waals surface area contributed by atoms with Gasteiger partial charge in [-0.25, -0.2) is 8.42 Å². The number of ether oxygens (including phenoxy) is 3. The average molecular weight is 384 g/mol. The Hall–Kier alpha value is -1.45. The number of rotatable bonds is 4. The summed E-state index contributed by atoms with van der Waals surface area (Å²) >= 11 is 1.59. The van der Waals surface area contributed by atoms with Crippen LogP contribution in [-0.2, 0) is 14.6 Å². The van der Waals surface area contributed by atoms with Gasteiger partial charge in [0.25, 0.3) is 0 Å². The van der Waals surface area contributed by atoms with E-state index in [-0.39, 0.29) is 23.6 Å². The van der Waals surface area contributed by atoms with Crippen LogP contribution < -0.4 is 14.4 Å². The highest BCUT2D eigenvalue weighted by molar-refractivity contribution is 8.14. The van der Waals surface area contributed by atoms with Crippen molar-refractivity contribution < 1.29 is 22.6 Å². The molecule has 0 N–H and O–H groups in total. The van der Waals surface area contributed by atoms with Gasteiger partial charge in [-0.05, 0) is 12.1 Å². The fraction of sp³-hybridized carbons (Fsp3) is 0.562. The van der Waals surface area contributed by atoms with Crippen LogP contribution in [-0.4, -0.2) is 69.9 Å². The average Bonchev–Trinajstić information content (AvgIpc) is 3.05. The summed E-state index contributed by atoms with van der Waals surface area (Å²) in [5.74, 6) is 2.42. The summed E-state index contributed by atoms with van der Waals surface area (Å²) in [5, 5.41) is 0.846. The molecule has 0 saturated carbocycles. The van der Waals surface area contributed by atoms with Gasteiger partial charge >= 0.3 is 0 Å². The number of anilines is 1. The molecule has 9 heteroatoms. The number of aliphatic imine (C=N–C) groups is 1. The van der Waals surface area contributed by atoms with Crippen molar-refractivity contribution in [2.24, 2.45) is 4.99 Å². The first-order valence-electron chi connectivity index (χ1n) is 8.16. The lowest BCUT2D eigenvalue weighted by molar-refractivity contribution is 0.171. The molecule has 0 unspecified atom stereocenters. The molecule has 3 aliphatic heterocycles. The fourth-order valence-electron chi connectivity index (χ4n) is 3.33. The van der Waals surface area contributed by atoms with Gasteiger partial charge in [-0.1, -0.05) is 11.8 Å². The third-order valence-electron chi connectivity index (χ3n) is 4.43. The summed E-state index contributed by atoms with van der Waals surface area (Å²) in [6.45, 7) is 1.67. The minimum absolute atomic E-state index is 0.118. The van der Waals surface area contributed by atoms with Crippen molar-refractivity contribution in [1.29, 1.82) is 0 Å². The second-order valence-corrected chi connectivity index (χ2v) is 9.38. The molecule has 0 amide bonds. The maximum absolute atomic E-state index is 12.1. The highest BCUT2D eigenvalue weighted by atomic mass is 32.2. The van der Waals surface area contributed by atoms with Crippen LogP contribution in [0.5, 0.6) is 11.5 Å². The summed E-state index contributed by atoms with van der Waals surface area (Å²) in [7, 11) is -1.39. The summed E-state index contributed by atoms with van der Waals surface area (Å²) in [6.07, 6.45) is 0. The van der Waals surface area contributed by atoms with Crippen LogP contribution in [0.4, 0.5) is 5.69 Å². The fourth-order valence-corrected chi connectivity index (χ4v) is 6.20. The van der Waals surface area contributed by atoms with Gasteiger partial charge in [-0.2, -0.15) is 0 Å². The summed E-state index contributed by atoms with van der Waals surface area (Å²) in [5.41, 5.74) is 0.887. The van der Waals surface area contributed by atoms with Gasteiger partial charge < -0.3 is 19.1 Å². The zero-order valence-corrected chi connectivity index (χ0v) is 15.5. The van der Waals surface area contributed by atoms with Crippen molar-refractivity contribution in [1.82, 2.24) is 0 Å². The SMILES string of the molecule is COCCSC1=N[C@H]2CS(=O)(=O)C[C@@H]2N1c1ccc2c(c1)OCCO2. The second kappa shape index (κ2) is 6.69. The third-order valence-corrected chi connectivity index (χ3v) is 7.06. The first kappa shape index (κ1) is 17.0. The van der Waals surface area contributed by atoms with Gasteiger partial charge in [0, 0.05) is 24.6 Å². The number of benzene rings is 1. The topological polar surface area (TPSA) is 77.4 Å². The van der Waals surface area contributed by atoms with Crippen LogP contribution in [0.25, 0.3) is 0 Å². The molecule has 0 radical (unpaired) electrons. The number of methoxy groups -OCH3 is 1. The molecule has 0 bridgehead atoms. The predicted octanol–water partition coefficient (Wildman–Crippen LogP) is 1.18. The first-order valence-corrected chi connectivity index (χ1v) is 11.0. The van der Waals surface area contributed by atoms with E-state index >= 15 is 0 Å². The van der Waals surface area contributed by atoms with Crippen molar-refractivity contribution in [3.05, 3.63) is 18.2 Å². The van der Waals surface area contributed by atoms with Crippen LogP contribution >= 0.6 is 11.8 Å². The van der Waals surface area contributed by atoms with Gasteiger partial charge in [-0.15, -0.1) is 0 Å². The van der Waals surface area contributed by atoms with Gasteiger partial charge in [0.1, 0.15) is 13.2 Å². The number of nitrogens with zero attached hydrogens (tertiary/aromatic N) is 2. The molecule has 1 aromatic rings. The maximum Gasteiger partial charge on any atom is 0.164 e. The number of thioether (sulfide) groups is 1. The Bertz CT molecular complexity index is 796. The van der Waals surface area contributed by atoms with E-state index < -0.39 is 9.84 Å². The highest BCUT2D eigenvalue weighted by Crippen LogP contribution is 2.39. The molecule has 25 heavy (non-hydrogen) atoms. The van der Waals surface area contributed by atoms with E-state index in [0.717, 1.165) is 22.4 Å². The van der Waals surface area contributed by atoms with Crippen molar-refractivity contribution in [3.63, 3.8) is 0 Å². The molecule has 0 aromatic heterocycles. The number of hydrogen-bond donors (Lipinski definition) is 0. The normalized spacial score (nSPS) is 26.4. The smallest absolute Gasteiger partial charge is 0.164 e. The number of fused-ring (bicyclic) bond motifs is 2. The molecule has 1 saturated heterocycles. The molecule has 7 nitrogen and oxygen atoms in total. The van der Waals surface area contributed by atoms with Crippen LogP contribution in [0.2, 0.25) is 0 Å². The Morgan fingerprint density at radius 1 is 1.28 bits per heavy atom. The summed E-state index contributed by atoms with van der Waals surface area (Å²) in [4.78, 5) is 6.72. The molecule has 1 fully saturated rings. The van der Waals surface area contributed by atoms with Crippen molar-refractivity contribution >= 4 is 32.5 Å². The van der Waals surface area contributed by atoms with Crippen LogP contribution in [0.15, 0.2) is 23.2 Å². The van der Waals surface area contributed by atoms with Crippen LogP contribution in [0.1, 0.15) is 0 Å². The van der Waals surface area contributed by atoms with E-state index in [2.05, 4.69) is 4.99 Å². The van der Waals surface area contributed by atoms with E-state index in [1.54, 1.807) is 18.9 Å². The second-order valence-electron chi connectivity index (χ2n) is 6.16. The molecule has 3 heterocycles. The van der Waals surface area contributed by atoms with E-state index in [9.17, 15) is 8.42 Å². The van der Waals surface area contributed by atoms with E-state index in [1.165, 1.54) is 0 Å². The Kier molecular flexibility index (Phi) is 4.55. The molecule has 3 aliphatic rings. The van der Waals surface area contributed by atoms with Crippen molar-refractivity contribution in [2.75, 3.05) is 49.1 Å². The minimum atomic E-state index is -3.05. The Balaban J connectivity index is 1.65. The van der Waals surface area contributed by atoms with E-state index in [0.29, 0.717) is 25.6 Å². The largest absolute Gasteiger partial charge is 0.486 e. The molecular weight excluding hydrogens is 364 g/mol. The van der Waals surface area contributed by atoms with E-state index in [1.807, 2.05) is 23.1 Å². The molecule has 2 atom stereocenters. The highest BCUT2D eigenvalue weighted by Gasteiger charge is 2.47. The van der Waals surface area contributed by atoms with Gasteiger partial charge in [0.15, 0.2) is 26.5 Å². The molecule has 4 rings (SSSR count). The zero-order valence-electron chi connectivity index (χ0n) is 13.9. The zero-order chi connectivity index (χ0) is 17.4. The maximum atomic E-state index is 12.1. The molecule has 0 aliphatic carbocycles. The van der Waals surface area contributed by atoms with Crippen LogP contribution in [0, 0.1) is 0 Å². The molecule has 1 aromatic carbocycles. The van der Waals surface area contributed by atoms with Gasteiger partial charge in [0.05, 0.1) is 30.2 Å². The van der Waals surface area contributed by atoms with Gasteiger partial charge in [-0.3, -0.25) is 4.99 Å². The van der Waals surface area contributed by atoms with Gasteiger partial charge in [0.2, 0.25) is 0 Å². The summed E-state index contributed by atoms with van der Waals surface area (Å²) < 4.78 is 40.5. The summed E-state index contributed by atoms with van der Waals surface area (Å²) in [6, 6.07) is 5.36. The van der Waals surface area contributed by atoms with Crippen molar-refractivity contribution in [3.8, 4) is 11.5 Å². The van der Waals surface area contributed by atoms with Crippen molar-refractivity contribution in [2.45, 2.75) is 12.1 Å². The Labute approximate surface area is 151 Å². The standard InChI is InChI=1S/C16H20N2O5S2/c1-21-6-7-24-16-17-12-9-25(19,20)10-13(12)18(16)11-2-3-14-15(8-11)23-5-4-22-14/h2-3,8,12-13H,4-7,9-10H2,1H3/t12-,13-/m0/s1. The van der Waals surface area contributed by atoms with E-state index in [4.69, 9.17) is 14.2 Å². The number of amidine groups is 1. The number of hydrogen-bond acceptors (Lipinski definition) is 8. The lowest BCUT2D eigenvalue weighted by Crippen LogP contribution is -2.39. The molecular formula is C16H20N2O5S2. The Morgan fingerprint density at radius 3 is 2.88 bits per heavy atom. The van der Waals surface area contributed by atoms with Crippen LogP contribution in [0.3, 0.4) is 0 Å². The predicted molar refractivity (Wildman–Crippen MR) is 97.9 cm³/mol. The monoisotopic (exact) mass is 384 g/mol. The molecule has 0 spiro atoms. The Morgan fingerprint density at radius 2 is 2.08 bits per heavy atom. The third kappa shape index (κ3) is 3.32. The quantitative estimate of drug-likeness (QED) is 0.722. The molecule has 136 valence electrons. The first-order chi connectivity index (χ1) is 12.1. The minimum Gasteiger partial charge on any atom is -0.486 e. The lowest BCUT2D eigenvalue weighted by atomic mass is 10.1.